The summed E-state index contributed by atoms with van der Waals surface area (Å²) in [6, 6.07) is 4.10. The number of hydrogen-bond donors (Lipinski definition) is 2. The fraction of sp³-hybridized carbons (Fsp3) is 0.588. The normalized spacial score (nSPS) is 18.3. The fourth-order valence-corrected chi connectivity index (χ4v) is 2.76. The van der Waals surface area contributed by atoms with Crippen LogP contribution in [0.5, 0.6) is 0 Å². The quantitative estimate of drug-likeness (QED) is 0.480. The standard InChI is InChI=1S/C17H26F2N4/c1-3-4-8-21-17(20-2)22-11-13-7-9-23(12-13)14-5-6-15(18)16(19)10-14/h5-6,10,13H,3-4,7-9,11-12H2,1-2H3,(H2,20,21,22). The van der Waals surface area contributed by atoms with Gasteiger partial charge in [-0.3, -0.25) is 4.99 Å². The van der Waals surface area contributed by atoms with Crippen LogP contribution in [0.3, 0.4) is 0 Å². The first-order valence-electron chi connectivity index (χ1n) is 8.28. The fourth-order valence-electron chi connectivity index (χ4n) is 2.76. The summed E-state index contributed by atoms with van der Waals surface area (Å²) in [5.41, 5.74) is 0.747. The predicted octanol–water partition coefficient (Wildman–Crippen LogP) is 2.76. The van der Waals surface area contributed by atoms with Crippen LogP contribution in [-0.4, -0.2) is 39.2 Å². The maximum Gasteiger partial charge on any atom is 0.190 e. The van der Waals surface area contributed by atoms with Crippen molar-refractivity contribution in [3.8, 4) is 0 Å². The van der Waals surface area contributed by atoms with E-state index in [0.29, 0.717) is 5.92 Å². The minimum atomic E-state index is -0.798. The molecular formula is C17H26F2N4. The molecule has 1 aromatic carbocycles. The highest BCUT2D eigenvalue weighted by Gasteiger charge is 2.23. The summed E-state index contributed by atoms with van der Waals surface area (Å²) in [4.78, 5) is 6.31. The Kier molecular flexibility index (Phi) is 6.62. The second-order valence-corrected chi connectivity index (χ2v) is 5.93. The van der Waals surface area contributed by atoms with Crippen LogP contribution in [0.25, 0.3) is 0 Å². The van der Waals surface area contributed by atoms with E-state index in [4.69, 9.17) is 0 Å². The second-order valence-electron chi connectivity index (χ2n) is 5.93. The Morgan fingerprint density at radius 1 is 1.30 bits per heavy atom. The van der Waals surface area contributed by atoms with Crippen molar-refractivity contribution in [2.24, 2.45) is 10.9 Å². The van der Waals surface area contributed by atoms with Gasteiger partial charge in [0.2, 0.25) is 0 Å². The highest BCUT2D eigenvalue weighted by molar-refractivity contribution is 5.79. The van der Waals surface area contributed by atoms with Gasteiger partial charge in [0.05, 0.1) is 0 Å². The number of anilines is 1. The van der Waals surface area contributed by atoms with Crippen LogP contribution in [0.15, 0.2) is 23.2 Å². The topological polar surface area (TPSA) is 39.7 Å². The lowest BCUT2D eigenvalue weighted by molar-refractivity contribution is 0.508. The summed E-state index contributed by atoms with van der Waals surface area (Å²) in [5.74, 6) is -0.296. The molecule has 0 spiro atoms. The summed E-state index contributed by atoms with van der Waals surface area (Å²) >= 11 is 0. The lowest BCUT2D eigenvalue weighted by Gasteiger charge is -2.19. The zero-order chi connectivity index (χ0) is 16.7. The highest BCUT2D eigenvalue weighted by Crippen LogP contribution is 2.24. The molecule has 0 amide bonds. The molecule has 0 aliphatic carbocycles. The molecule has 2 N–H and O–H groups in total. The van der Waals surface area contributed by atoms with Crippen molar-refractivity contribution < 1.29 is 8.78 Å². The molecule has 0 saturated carbocycles. The van der Waals surface area contributed by atoms with Gasteiger partial charge in [-0.1, -0.05) is 13.3 Å². The molecule has 4 nitrogen and oxygen atoms in total. The minimum absolute atomic E-state index is 0.466. The molecule has 23 heavy (non-hydrogen) atoms. The molecule has 1 atom stereocenters. The number of rotatable bonds is 6. The number of nitrogens with zero attached hydrogens (tertiary/aromatic N) is 2. The molecule has 2 rings (SSSR count). The predicted molar refractivity (Wildman–Crippen MR) is 91.0 cm³/mol. The van der Waals surface area contributed by atoms with Gasteiger partial charge < -0.3 is 15.5 Å². The lowest BCUT2D eigenvalue weighted by atomic mass is 10.1. The Bertz CT molecular complexity index is 533. The van der Waals surface area contributed by atoms with Gasteiger partial charge >= 0.3 is 0 Å². The van der Waals surface area contributed by atoms with E-state index >= 15 is 0 Å². The van der Waals surface area contributed by atoms with E-state index in [0.717, 1.165) is 57.1 Å². The first-order valence-corrected chi connectivity index (χ1v) is 8.28. The highest BCUT2D eigenvalue weighted by atomic mass is 19.2. The molecule has 1 aromatic rings. The van der Waals surface area contributed by atoms with Crippen molar-refractivity contribution in [3.05, 3.63) is 29.8 Å². The smallest absolute Gasteiger partial charge is 0.190 e. The van der Waals surface area contributed by atoms with Gasteiger partial charge in [0.15, 0.2) is 17.6 Å². The molecule has 6 heteroatoms. The van der Waals surface area contributed by atoms with Gasteiger partial charge in [-0.15, -0.1) is 0 Å². The largest absolute Gasteiger partial charge is 0.371 e. The van der Waals surface area contributed by atoms with Gasteiger partial charge in [-0.25, -0.2) is 8.78 Å². The third kappa shape index (κ3) is 5.08. The van der Waals surface area contributed by atoms with Gasteiger partial charge in [0.1, 0.15) is 0 Å². The first-order chi connectivity index (χ1) is 11.1. The summed E-state index contributed by atoms with van der Waals surface area (Å²) in [5, 5.41) is 6.63. The maximum absolute atomic E-state index is 13.3. The Labute approximate surface area is 137 Å². The monoisotopic (exact) mass is 324 g/mol. The molecule has 0 bridgehead atoms. The minimum Gasteiger partial charge on any atom is -0.371 e. The van der Waals surface area contributed by atoms with Crippen LogP contribution < -0.4 is 15.5 Å². The molecule has 1 aliphatic rings. The van der Waals surface area contributed by atoms with Crippen molar-refractivity contribution in [1.29, 1.82) is 0 Å². The van der Waals surface area contributed by atoms with E-state index in [2.05, 4.69) is 27.4 Å². The average molecular weight is 324 g/mol. The summed E-state index contributed by atoms with van der Waals surface area (Å²) < 4.78 is 26.4. The molecule has 1 fully saturated rings. The van der Waals surface area contributed by atoms with Gasteiger partial charge in [0, 0.05) is 45.0 Å². The van der Waals surface area contributed by atoms with E-state index in [9.17, 15) is 8.78 Å². The number of unbranched alkanes of at least 4 members (excludes halogenated alkanes) is 1. The SMILES string of the molecule is CCCCNC(=NC)NCC1CCN(c2ccc(F)c(F)c2)C1. The number of benzene rings is 1. The zero-order valence-corrected chi connectivity index (χ0v) is 13.9. The number of aliphatic imine (C=N–C) groups is 1. The molecule has 128 valence electrons. The summed E-state index contributed by atoms with van der Waals surface area (Å²) in [6.45, 7) is 5.60. The first kappa shape index (κ1) is 17.5. The van der Waals surface area contributed by atoms with Crippen molar-refractivity contribution in [1.82, 2.24) is 10.6 Å². The van der Waals surface area contributed by atoms with Gasteiger partial charge in [-0.05, 0) is 30.9 Å². The van der Waals surface area contributed by atoms with Crippen LogP contribution in [0, 0.1) is 17.6 Å². The number of hydrogen-bond acceptors (Lipinski definition) is 2. The molecule has 1 unspecified atom stereocenters. The number of halogens is 2. The number of guanidine groups is 1. The summed E-state index contributed by atoms with van der Waals surface area (Å²) in [7, 11) is 1.77. The lowest BCUT2D eigenvalue weighted by Crippen LogP contribution is -2.40. The average Bonchev–Trinajstić information content (AvgIpc) is 3.02. The maximum atomic E-state index is 13.3. The van der Waals surface area contributed by atoms with Crippen LogP contribution in [0.4, 0.5) is 14.5 Å². The van der Waals surface area contributed by atoms with Crippen molar-refractivity contribution in [3.63, 3.8) is 0 Å². The molecule has 0 radical (unpaired) electrons. The van der Waals surface area contributed by atoms with Gasteiger partial charge in [0.25, 0.3) is 0 Å². The van der Waals surface area contributed by atoms with E-state index in [-0.39, 0.29) is 0 Å². The Morgan fingerprint density at radius 2 is 2.13 bits per heavy atom. The van der Waals surface area contributed by atoms with E-state index in [1.165, 1.54) is 12.1 Å². The Balaban J connectivity index is 1.79. The third-order valence-corrected chi connectivity index (χ3v) is 4.16. The molecule has 1 aliphatic heterocycles. The zero-order valence-electron chi connectivity index (χ0n) is 13.9. The van der Waals surface area contributed by atoms with Crippen molar-refractivity contribution >= 4 is 11.6 Å². The van der Waals surface area contributed by atoms with Crippen molar-refractivity contribution in [2.75, 3.05) is 38.1 Å². The number of nitrogens with one attached hydrogen (secondary N) is 2. The van der Waals surface area contributed by atoms with Crippen LogP contribution in [0.1, 0.15) is 26.2 Å². The molecule has 1 heterocycles. The van der Waals surface area contributed by atoms with Crippen LogP contribution in [0.2, 0.25) is 0 Å². The van der Waals surface area contributed by atoms with Crippen molar-refractivity contribution in [2.45, 2.75) is 26.2 Å². The molecular weight excluding hydrogens is 298 g/mol. The van der Waals surface area contributed by atoms with Crippen LogP contribution in [-0.2, 0) is 0 Å². The molecule has 0 aromatic heterocycles. The summed E-state index contributed by atoms with van der Waals surface area (Å²) in [6.07, 6.45) is 3.29. The Morgan fingerprint density at radius 3 is 2.83 bits per heavy atom. The van der Waals surface area contributed by atoms with E-state index in [1.54, 1.807) is 13.1 Å². The third-order valence-electron chi connectivity index (χ3n) is 4.16. The molecule has 1 saturated heterocycles. The van der Waals surface area contributed by atoms with Gasteiger partial charge in [-0.2, -0.15) is 0 Å². The van der Waals surface area contributed by atoms with E-state index < -0.39 is 11.6 Å². The Hall–Kier alpha value is -1.85. The second kappa shape index (κ2) is 8.70. The van der Waals surface area contributed by atoms with Crippen LogP contribution >= 0.6 is 0 Å². The van der Waals surface area contributed by atoms with E-state index in [1.807, 2.05) is 0 Å².